The minimum atomic E-state index is -0.687. The van der Waals surface area contributed by atoms with Crippen molar-refractivity contribution in [1.29, 1.82) is 0 Å². The number of carbonyl (C=O) groups excluding carboxylic acids is 1. The number of hydrogen-bond donors (Lipinski definition) is 1. The lowest BCUT2D eigenvalue weighted by atomic mass is 10.0. The van der Waals surface area contributed by atoms with Crippen LogP contribution in [0.1, 0.15) is 45.4 Å². The molecule has 0 fully saturated rings. The van der Waals surface area contributed by atoms with Gasteiger partial charge in [0.05, 0.1) is 6.54 Å². The summed E-state index contributed by atoms with van der Waals surface area (Å²) in [7, 11) is 0. The molecule has 0 aliphatic heterocycles. The molecule has 144 valence electrons. The molecule has 0 radical (unpaired) electrons. The topological polar surface area (TPSA) is 84.8 Å². The second-order valence-corrected chi connectivity index (χ2v) is 6.68. The summed E-state index contributed by atoms with van der Waals surface area (Å²) in [5, 5.41) is 0. The van der Waals surface area contributed by atoms with Crippen molar-refractivity contribution >= 4 is 5.78 Å². The van der Waals surface area contributed by atoms with Gasteiger partial charge in [-0.3, -0.25) is 24.1 Å². The fourth-order valence-electron chi connectivity index (χ4n) is 3.24. The summed E-state index contributed by atoms with van der Waals surface area (Å²) >= 11 is 0. The SMILES string of the molecule is CCc1c(C(=O)c2cc(C)cc(F)c2)n(Cc2ccnc(C)c2)c(=O)[nH]c1=O. The maximum atomic E-state index is 13.8. The number of aromatic nitrogens is 3. The highest BCUT2D eigenvalue weighted by molar-refractivity contribution is 6.08. The molecule has 0 saturated heterocycles. The van der Waals surface area contributed by atoms with Crippen LogP contribution in [0.25, 0.3) is 0 Å². The van der Waals surface area contributed by atoms with Crippen LogP contribution < -0.4 is 11.2 Å². The highest BCUT2D eigenvalue weighted by atomic mass is 19.1. The molecule has 1 N–H and O–H groups in total. The summed E-state index contributed by atoms with van der Waals surface area (Å²) in [4.78, 5) is 44.5. The fraction of sp³-hybridized carbons (Fsp3) is 0.238. The quantitative estimate of drug-likeness (QED) is 0.689. The Balaban J connectivity index is 2.24. The molecule has 0 spiro atoms. The fourth-order valence-corrected chi connectivity index (χ4v) is 3.24. The first-order valence-electron chi connectivity index (χ1n) is 8.89. The van der Waals surface area contributed by atoms with Crippen LogP contribution in [0.15, 0.2) is 46.1 Å². The van der Waals surface area contributed by atoms with Gasteiger partial charge in [0, 0.05) is 23.0 Å². The molecule has 0 aliphatic carbocycles. The molecule has 2 aromatic heterocycles. The summed E-state index contributed by atoms with van der Waals surface area (Å²) in [5.74, 6) is -1.11. The molecule has 0 aliphatic rings. The molecule has 0 saturated carbocycles. The van der Waals surface area contributed by atoms with E-state index in [2.05, 4.69) is 9.97 Å². The minimum absolute atomic E-state index is 0.0179. The van der Waals surface area contributed by atoms with Crippen LogP contribution in [0.4, 0.5) is 4.39 Å². The lowest BCUT2D eigenvalue weighted by Crippen LogP contribution is -2.37. The molecule has 7 heteroatoms. The van der Waals surface area contributed by atoms with E-state index in [1.54, 1.807) is 32.2 Å². The molecule has 3 rings (SSSR count). The number of aryl methyl sites for hydroxylation is 2. The zero-order valence-corrected chi connectivity index (χ0v) is 15.9. The standard InChI is InChI=1S/C21H20FN3O3/c1-4-17-18(19(26)15-7-12(2)8-16(22)10-15)25(21(28)24-20(17)27)11-14-5-6-23-13(3)9-14/h5-10H,4,11H2,1-3H3,(H,24,27,28). The summed E-state index contributed by atoms with van der Waals surface area (Å²) in [6.45, 7) is 5.30. The number of nitrogens with one attached hydrogen (secondary N) is 1. The molecule has 28 heavy (non-hydrogen) atoms. The summed E-state index contributed by atoms with van der Waals surface area (Å²) in [6.07, 6.45) is 1.86. The number of halogens is 1. The summed E-state index contributed by atoms with van der Waals surface area (Å²) in [6, 6.07) is 7.49. The van der Waals surface area contributed by atoms with Gasteiger partial charge >= 0.3 is 5.69 Å². The van der Waals surface area contributed by atoms with E-state index in [1.807, 2.05) is 6.92 Å². The summed E-state index contributed by atoms with van der Waals surface area (Å²) in [5.41, 5.74) is 1.07. The Morgan fingerprint density at radius 3 is 2.57 bits per heavy atom. The van der Waals surface area contributed by atoms with Crippen molar-refractivity contribution in [3.8, 4) is 0 Å². The zero-order chi connectivity index (χ0) is 20.4. The molecule has 6 nitrogen and oxygen atoms in total. The maximum Gasteiger partial charge on any atom is 0.329 e. The minimum Gasteiger partial charge on any atom is -0.287 e. The molecule has 0 atom stereocenters. The van der Waals surface area contributed by atoms with Gasteiger partial charge in [0.15, 0.2) is 0 Å². The molecule has 0 unspecified atom stereocenters. The maximum absolute atomic E-state index is 13.8. The molecule has 3 aromatic rings. The third-order valence-electron chi connectivity index (χ3n) is 4.47. The van der Waals surface area contributed by atoms with Crippen LogP contribution in [0.5, 0.6) is 0 Å². The van der Waals surface area contributed by atoms with Gasteiger partial charge in [-0.05, 0) is 61.7 Å². The Morgan fingerprint density at radius 2 is 1.93 bits per heavy atom. The van der Waals surface area contributed by atoms with Crippen molar-refractivity contribution in [3.05, 3.63) is 96.8 Å². The smallest absolute Gasteiger partial charge is 0.287 e. The van der Waals surface area contributed by atoms with Gasteiger partial charge in [0.1, 0.15) is 11.5 Å². The monoisotopic (exact) mass is 381 g/mol. The average Bonchev–Trinajstić information content (AvgIpc) is 2.62. The first-order valence-corrected chi connectivity index (χ1v) is 8.89. The second-order valence-electron chi connectivity index (χ2n) is 6.68. The van der Waals surface area contributed by atoms with E-state index < -0.39 is 22.8 Å². The zero-order valence-electron chi connectivity index (χ0n) is 15.9. The van der Waals surface area contributed by atoms with Crippen LogP contribution >= 0.6 is 0 Å². The Labute approximate surface area is 160 Å². The Morgan fingerprint density at radius 1 is 1.18 bits per heavy atom. The average molecular weight is 381 g/mol. The van der Waals surface area contributed by atoms with Crippen molar-refractivity contribution in [2.24, 2.45) is 0 Å². The van der Waals surface area contributed by atoms with E-state index in [0.717, 1.165) is 17.3 Å². The van der Waals surface area contributed by atoms with Gasteiger partial charge in [-0.2, -0.15) is 0 Å². The highest BCUT2D eigenvalue weighted by Crippen LogP contribution is 2.16. The second kappa shape index (κ2) is 7.72. The Kier molecular flexibility index (Phi) is 5.35. The van der Waals surface area contributed by atoms with Gasteiger partial charge in [0.2, 0.25) is 5.78 Å². The normalized spacial score (nSPS) is 10.9. The van der Waals surface area contributed by atoms with Gasteiger partial charge in [0.25, 0.3) is 5.56 Å². The highest BCUT2D eigenvalue weighted by Gasteiger charge is 2.22. The number of aromatic amines is 1. The lowest BCUT2D eigenvalue weighted by Gasteiger charge is -2.15. The molecular weight excluding hydrogens is 361 g/mol. The number of hydrogen-bond acceptors (Lipinski definition) is 4. The van der Waals surface area contributed by atoms with E-state index in [4.69, 9.17) is 0 Å². The van der Waals surface area contributed by atoms with E-state index in [0.29, 0.717) is 5.56 Å². The first-order chi connectivity index (χ1) is 13.3. The van der Waals surface area contributed by atoms with E-state index in [-0.39, 0.29) is 29.8 Å². The Hall–Kier alpha value is -3.35. The van der Waals surface area contributed by atoms with Crippen LogP contribution in [0.3, 0.4) is 0 Å². The number of pyridine rings is 1. The third kappa shape index (κ3) is 3.83. The summed E-state index contributed by atoms with van der Waals surface area (Å²) < 4.78 is 15.1. The van der Waals surface area contributed by atoms with Crippen LogP contribution in [0, 0.1) is 19.7 Å². The van der Waals surface area contributed by atoms with Crippen LogP contribution in [-0.2, 0) is 13.0 Å². The third-order valence-corrected chi connectivity index (χ3v) is 4.47. The van der Waals surface area contributed by atoms with Crippen LogP contribution in [-0.4, -0.2) is 20.3 Å². The van der Waals surface area contributed by atoms with E-state index >= 15 is 0 Å². The molecular formula is C21H20FN3O3. The molecule has 1 aromatic carbocycles. The number of rotatable bonds is 5. The lowest BCUT2D eigenvalue weighted by molar-refractivity contribution is 0.102. The Bertz CT molecular complexity index is 1160. The van der Waals surface area contributed by atoms with Crippen molar-refractivity contribution in [1.82, 2.24) is 14.5 Å². The number of H-pyrrole nitrogens is 1. The largest absolute Gasteiger partial charge is 0.329 e. The number of carbonyl (C=O) groups is 1. The van der Waals surface area contributed by atoms with Gasteiger partial charge < -0.3 is 0 Å². The predicted molar refractivity (Wildman–Crippen MR) is 103 cm³/mol. The van der Waals surface area contributed by atoms with Gasteiger partial charge in [-0.1, -0.05) is 6.92 Å². The van der Waals surface area contributed by atoms with E-state index in [1.165, 1.54) is 16.7 Å². The van der Waals surface area contributed by atoms with Crippen LogP contribution in [0.2, 0.25) is 0 Å². The molecule has 0 bridgehead atoms. The molecule has 2 heterocycles. The number of nitrogens with zero attached hydrogens (tertiary/aromatic N) is 2. The predicted octanol–water partition coefficient (Wildman–Crippen LogP) is 2.53. The van der Waals surface area contributed by atoms with E-state index in [9.17, 15) is 18.8 Å². The van der Waals surface area contributed by atoms with Crippen molar-refractivity contribution < 1.29 is 9.18 Å². The van der Waals surface area contributed by atoms with Gasteiger partial charge in [-0.15, -0.1) is 0 Å². The van der Waals surface area contributed by atoms with Gasteiger partial charge in [-0.25, -0.2) is 9.18 Å². The van der Waals surface area contributed by atoms with Crippen molar-refractivity contribution in [3.63, 3.8) is 0 Å². The van der Waals surface area contributed by atoms with Crippen molar-refractivity contribution in [2.45, 2.75) is 33.7 Å². The molecule has 0 amide bonds. The number of benzene rings is 1. The number of ketones is 1. The van der Waals surface area contributed by atoms with Crippen molar-refractivity contribution in [2.75, 3.05) is 0 Å². The first kappa shape index (κ1) is 19.4.